The molecule has 0 spiro atoms. The van der Waals surface area contributed by atoms with E-state index in [4.69, 9.17) is 11.5 Å². The Bertz CT molecular complexity index is 4910. The molecule has 3 fully saturated rings. The number of unbranched alkanes of at least 4 members (excludes halogenated alkanes) is 1. The highest BCUT2D eigenvalue weighted by Gasteiger charge is 2.46. The van der Waals surface area contributed by atoms with E-state index in [1.165, 1.54) is 65.0 Å². The number of thioether (sulfide) groups is 1. The number of aromatic amines is 1. The molecular weight excluding hydrogens is 1680 g/mol. The van der Waals surface area contributed by atoms with Crippen LogP contribution < -0.4 is 59.3 Å². The van der Waals surface area contributed by atoms with Crippen LogP contribution >= 0.6 is 11.8 Å². The Morgan fingerprint density at radius 1 is 0.496 bits per heavy atom. The van der Waals surface area contributed by atoms with Crippen LogP contribution in [-0.2, 0) is 109 Å². The molecule has 16 N–H and O–H groups in total. The summed E-state index contributed by atoms with van der Waals surface area (Å²) in [4.78, 5) is 247. The number of primary amides is 1. The van der Waals surface area contributed by atoms with Gasteiger partial charge in [0.15, 0.2) is 0 Å². The molecule has 129 heavy (non-hydrogen) atoms. The van der Waals surface area contributed by atoms with Gasteiger partial charge in [-0.1, -0.05) is 169 Å². The van der Waals surface area contributed by atoms with E-state index in [1.807, 2.05) is 6.92 Å². The molecule has 15 amide bonds. The zero-order chi connectivity index (χ0) is 93.7. The van der Waals surface area contributed by atoms with Crippen molar-refractivity contribution in [2.24, 2.45) is 23.3 Å². The van der Waals surface area contributed by atoms with E-state index < -0.39 is 198 Å². The van der Waals surface area contributed by atoms with Crippen molar-refractivity contribution in [1.29, 1.82) is 0 Å². The van der Waals surface area contributed by atoms with Crippen molar-refractivity contribution in [1.82, 2.24) is 77.3 Å². The van der Waals surface area contributed by atoms with Gasteiger partial charge in [0.05, 0.1) is 18.7 Å². The second kappa shape index (κ2) is 48.4. The summed E-state index contributed by atoms with van der Waals surface area (Å²) in [5, 5.41) is 46.0. The van der Waals surface area contributed by atoms with Gasteiger partial charge >= 0.3 is 5.97 Å². The number of rotatable bonds is 24. The average molecular weight is 1800 g/mol. The minimum Gasteiger partial charge on any atom is -0.508 e. The molecule has 0 saturated carbocycles. The van der Waals surface area contributed by atoms with Gasteiger partial charge in [-0.2, -0.15) is 0 Å². The molecule has 5 aromatic carbocycles. The maximum Gasteiger partial charge on any atom is 0.305 e. The van der Waals surface area contributed by atoms with Crippen molar-refractivity contribution in [2.45, 2.75) is 216 Å². The maximum atomic E-state index is 15.7. The number of carbonyl (C=O) groups is 16. The van der Waals surface area contributed by atoms with Crippen LogP contribution in [0.2, 0.25) is 0 Å². The number of aromatic hydroxyl groups is 1. The number of aromatic nitrogens is 1. The third kappa shape index (κ3) is 28.4. The first-order valence-corrected chi connectivity index (χ1v) is 45.1. The predicted octanol–water partition coefficient (Wildman–Crippen LogP) is 2.18. The number of hydrogen-bond donors (Lipinski definition) is 14. The number of nitrogens with two attached hydrogens (primary N) is 2. The van der Waals surface area contributed by atoms with E-state index in [0.29, 0.717) is 51.6 Å². The number of phenolic OH excluding ortho intramolecular Hbond substituents is 1. The molecule has 6 aromatic rings. The van der Waals surface area contributed by atoms with Crippen LogP contribution in [0.4, 0.5) is 0 Å². The molecule has 36 heteroatoms. The van der Waals surface area contributed by atoms with Gasteiger partial charge in [-0.3, -0.25) is 76.7 Å². The molecule has 3 aliphatic heterocycles. The lowest BCUT2D eigenvalue weighted by molar-refractivity contribution is -0.152. The molecule has 0 radical (unpaired) electrons. The summed E-state index contributed by atoms with van der Waals surface area (Å²) >= 11 is 0.845. The molecule has 35 nitrogen and oxygen atoms in total. The first-order chi connectivity index (χ1) is 61.6. The first-order valence-electron chi connectivity index (χ1n) is 44.0. The van der Waals surface area contributed by atoms with Crippen molar-refractivity contribution in [3.05, 3.63) is 174 Å². The zero-order valence-electron chi connectivity index (χ0n) is 74.3. The quantitative estimate of drug-likeness (QED) is 0.0413. The van der Waals surface area contributed by atoms with Crippen LogP contribution in [0.5, 0.6) is 5.75 Å². The Labute approximate surface area is 755 Å². The highest BCUT2D eigenvalue weighted by Crippen LogP contribution is 2.28. The summed E-state index contributed by atoms with van der Waals surface area (Å²) in [6, 6.07) is 20.0. The summed E-state index contributed by atoms with van der Waals surface area (Å²) < 4.78 is 0. The number of H-pyrrole nitrogens is 1. The number of benzene rings is 5. The number of nitrogens with zero attached hydrogens (tertiary/aromatic N) is 5. The van der Waals surface area contributed by atoms with Crippen LogP contribution in [0.3, 0.4) is 0 Å². The van der Waals surface area contributed by atoms with Crippen molar-refractivity contribution in [2.75, 3.05) is 58.8 Å². The number of likely N-dealkylation sites (N-methyl/N-ethyl adjacent to an activating group) is 3. The minimum absolute atomic E-state index is 0.00515. The fraction of sp³-hybridized carbons (Fsp3) is 0.484. The molecule has 3 aliphatic rings. The lowest BCUT2D eigenvalue weighted by atomic mass is 9.98. The van der Waals surface area contributed by atoms with Crippen LogP contribution in [-0.4, -0.2) is 272 Å². The molecule has 13 atom stereocenters. The third-order valence-electron chi connectivity index (χ3n) is 23.5. The summed E-state index contributed by atoms with van der Waals surface area (Å²) in [5.74, 6) is -16.3. The Morgan fingerprint density at radius 3 is 1.57 bits per heavy atom. The van der Waals surface area contributed by atoms with Crippen molar-refractivity contribution in [3.8, 4) is 5.75 Å². The van der Waals surface area contributed by atoms with Gasteiger partial charge in [-0.05, 0) is 116 Å². The molecule has 0 aliphatic carbocycles. The second-order valence-corrected chi connectivity index (χ2v) is 35.0. The Balaban J connectivity index is 1.12. The number of carbonyl (C=O) groups excluding carboxylic acids is 15. The Morgan fingerprint density at radius 2 is 0.992 bits per heavy atom. The fourth-order valence-electron chi connectivity index (χ4n) is 16.4. The van der Waals surface area contributed by atoms with Gasteiger partial charge in [0, 0.05) is 89.2 Å². The number of hydrogen-bond acceptors (Lipinski definition) is 19. The summed E-state index contributed by atoms with van der Waals surface area (Å²) in [7, 11) is 4.13. The molecule has 694 valence electrons. The summed E-state index contributed by atoms with van der Waals surface area (Å²) in [5.41, 5.74) is 15.0. The van der Waals surface area contributed by atoms with Crippen LogP contribution in [0.1, 0.15) is 133 Å². The molecule has 0 bridgehead atoms. The lowest BCUT2D eigenvalue weighted by Crippen LogP contribution is -2.62. The van der Waals surface area contributed by atoms with Crippen LogP contribution in [0.25, 0.3) is 10.9 Å². The van der Waals surface area contributed by atoms with Gasteiger partial charge in [0.25, 0.3) is 0 Å². The van der Waals surface area contributed by atoms with E-state index in [0.717, 1.165) is 16.7 Å². The highest BCUT2D eigenvalue weighted by atomic mass is 32.2. The largest absolute Gasteiger partial charge is 0.508 e. The Kier molecular flexibility index (Phi) is 37.6. The monoisotopic (exact) mass is 1800 g/mol. The number of carboxylic acid groups (broad SMARTS) is 1. The van der Waals surface area contributed by atoms with E-state index >= 15 is 47.9 Å². The van der Waals surface area contributed by atoms with Gasteiger partial charge in [0.2, 0.25) is 88.6 Å². The molecule has 9 rings (SSSR count). The smallest absolute Gasteiger partial charge is 0.305 e. The SMILES string of the molecule is CCCC[C@H]1C(=O)N2CCC[C@@H]2C(=O)N[C@@H](CC(=O)O)C(=O)N[C@@H](C(C)C)C(=O)N(C)[C@@H](Cc2ccccc2)C(=O)N[C@@H](CCCN)C(=O)N2CCC[C@@H]2C(=O)N[C@@H](Cc2c[nH]c3ccccc23)C(=O)N[C@@H](Cc2ccc(O)cc2)C(=O)N[C@@H](CC(C)C)C(=O)N[C@H](C(=O)NCC(N)=O)CSCC(=O)N[C@@H](Cc2ccccc2)C(=O)N(C)[C@@H](Cc2ccccc2)C(=O)N1C. The van der Waals surface area contributed by atoms with Crippen molar-refractivity contribution >= 4 is 117 Å². The number of amides is 15. The standard InChI is InChI=1S/C93H123N17O18S/c1-9-10-34-74-92(127)110-43-24-36-73(110)87(122)103-69(50-79(114)115)85(120)105-80(56(4)5)93(128)107(7)75(47-58-27-16-12-17-28-58)88(123)99-65(33-22-41-94)90(125)109-42-23-35-72(109)86(121)102-68(49-61-51-96-64-32-21-20-31-63(61)64)84(119)101-67(45-60-37-39-62(111)40-38-60)83(118)100-66(44-55(2)3)82(117)104-71(81(116)97-52-77(95)112)53-129-54-78(113)98-70(46-57-25-14-11-15-26-57)89(124)108(8)76(91(126)106(74)6)48-59-29-18-13-19-30-59/h11-21,25-32,37-40,51,55-56,65-76,80,96,111H,9-10,22-24,33-36,41-50,52-54,94H2,1-8H3,(H2,95,112)(H,97,116)(H,98,113)(H,99,123)(H,100,118)(H,101,119)(H,102,121)(H,103,122)(H,104,117)(H,105,120)(H,114,115)/t65-,66-,67-,68-,69-,70-,71-,72+,73+,74-,75-,76-,80-/m0/s1. The molecule has 0 unspecified atom stereocenters. The van der Waals surface area contributed by atoms with E-state index in [2.05, 4.69) is 52.8 Å². The number of phenols is 1. The van der Waals surface area contributed by atoms with Gasteiger partial charge in [0.1, 0.15) is 84.3 Å². The first kappa shape index (κ1) is 100. The topological polar surface area (TPSA) is 506 Å². The van der Waals surface area contributed by atoms with Gasteiger partial charge in [-0.15, -0.1) is 11.8 Å². The van der Waals surface area contributed by atoms with E-state index in [1.54, 1.807) is 149 Å². The van der Waals surface area contributed by atoms with E-state index in [9.17, 15) is 39.0 Å². The van der Waals surface area contributed by atoms with Crippen LogP contribution in [0, 0.1) is 11.8 Å². The van der Waals surface area contributed by atoms with E-state index in [-0.39, 0.29) is 121 Å². The van der Waals surface area contributed by atoms with Gasteiger partial charge < -0.3 is 99.0 Å². The Hall–Kier alpha value is -12.7. The lowest BCUT2D eigenvalue weighted by Gasteiger charge is -2.38. The predicted molar refractivity (Wildman–Crippen MR) is 483 cm³/mol. The number of para-hydroxylation sites is 1. The van der Waals surface area contributed by atoms with Crippen molar-refractivity contribution in [3.63, 3.8) is 0 Å². The molecule has 1 aromatic heterocycles. The summed E-state index contributed by atoms with van der Waals surface area (Å²) in [6.07, 6.45) is 1.45. The minimum atomic E-state index is -1.87. The normalized spacial score (nSPS) is 23.9. The fourth-order valence-corrected chi connectivity index (χ4v) is 17.3. The second-order valence-electron chi connectivity index (χ2n) is 34.0. The zero-order valence-corrected chi connectivity index (χ0v) is 75.1. The molecule has 3 saturated heterocycles. The highest BCUT2D eigenvalue weighted by molar-refractivity contribution is 8.00. The number of fused-ring (bicyclic) bond motifs is 3. The van der Waals surface area contributed by atoms with Gasteiger partial charge in [-0.25, -0.2) is 0 Å². The number of nitrogens with one attached hydrogen (secondary N) is 10. The average Bonchev–Trinajstić information content (AvgIpc) is 1.67. The third-order valence-corrected chi connectivity index (χ3v) is 24.5. The number of aliphatic carboxylic acids is 1. The maximum absolute atomic E-state index is 15.7. The molecular formula is C93H123N17O18S. The molecule has 4 heterocycles. The number of carboxylic acids is 1. The van der Waals surface area contributed by atoms with Crippen LogP contribution in [0.15, 0.2) is 146 Å². The summed E-state index contributed by atoms with van der Waals surface area (Å²) in [6.45, 7) is 7.95. The van der Waals surface area contributed by atoms with Crippen molar-refractivity contribution < 1.29 is 86.9 Å².